The number of nitrogens with two attached hydrogens (primary N) is 1. The van der Waals surface area contributed by atoms with Crippen LogP contribution in [0.25, 0.3) is 0 Å². The molecule has 6 nitrogen and oxygen atoms in total. The Labute approximate surface area is 115 Å². The number of rotatable bonds is 2. The summed E-state index contributed by atoms with van der Waals surface area (Å²) in [5, 5.41) is 0. The minimum absolute atomic E-state index is 0.00533. The SMILES string of the molecule is Nc1ccc2c(c1)C(=O)N(Cc1ccncc1)S2(=O)=O. The molecule has 0 saturated heterocycles. The van der Waals surface area contributed by atoms with Gasteiger partial charge in [-0.05, 0) is 35.9 Å². The highest BCUT2D eigenvalue weighted by atomic mass is 32.2. The lowest BCUT2D eigenvalue weighted by Gasteiger charge is -2.14. The van der Waals surface area contributed by atoms with Crippen LogP contribution in [0.2, 0.25) is 0 Å². The summed E-state index contributed by atoms with van der Waals surface area (Å²) >= 11 is 0. The summed E-state index contributed by atoms with van der Waals surface area (Å²) in [6, 6.07) is 7.56. The van der Waals surface area contributed by atoms with Crippen molar-refractivity contribution in [3.05, 3.63) is 53.9 Å². The van der Waals surface area contributed by atoms with Crippen molar-refractivity contribution in [3.63, 3.8) is 0 Å². The number of pyridine rings is 1. The van der Waals surface area contributed by atoms with Crippen LogP contribution in [0.15, 0.2) is 47.6 Å². The van der Waals surface area contributed by atoms with Gasteiger partial charge in [0.1, 0.15) is 4.90 Å². The topological polar surface area (TPSA) is 93.4 Å². The third-order valence-electron chi connectivity index (χ3n) is 3.10. The van der Waals surface area contributed by atoms with E-state index in [1.54, 1.807) is 24.5 Å². The van der Waals surface area contributed by atoms with Crippen LogP contribution in [0.4, 0.5) is 5.69 Å². The summed E-state index contributed by atoms with van der Waals surface area (Å²) in [6.07, 6.45) is 3.10. The number of hydrogen-bond donors (Lipinski definition) is 1. The summed E-state index contributed by atoms with van der Waals surface area (Å²) in [5.41, 5.74) is 6.78. The highest BCUT2D eigenvalue weighted by molar-refractivity contribution is 7.90. The van der Waals surface area contributed by atoms with Crippen LogP contribution in [0.1, 0.15) is 15.9 Å². The molecule has 0 saturated carbocycles. The number of carbonyl (C=O) groups is 1. The maximum atomic E-state index is 12.4. The molecule has 7 heteroatoms. The first-order chi connectivity index (χ1) is 9.50. The van der Waals surface area contributed by atoms with Crippen molar-refractivity contribution in [2.75, 3.05) is 5.73 Å². The standard InChI is InChI=1S/C13H11N3O3S/c14-10-1-2-12-11(7-10)13(17)16(20(12,18)19)8-9-3-5-15-6-4-9/h1-7H,8,14H2. The van der Waals surface area contributed by atoms with E-state index in [9.17, 15) is 13.2 Å². The largest absolute Gasteiger partial charge is 0.399 e. The molecule has 0 atom stereocenters. The van der Waals surface area contributed by atoms with Crippen LogP contribution in [0.3, 0.4) is 0 Å². The second-order valence-corrected chi connectivity index (χ2v) is 6.26. The lowest BCUT2D eigenvalue weighted by Crippen LogP contribution is -2.29. The molecule has 1 aromatic heterocycles. The van der Waals surface area contributed by atoms with E-state index in [-0.39, 0.29) is 17.0 Å². The summed E-state index contributed by atoms with van der Waals surface area (Å²) in [4.78, 5) is 16.1. The monoisotopic (exact) mass is 289 g/mol. The predicted octanol–water partition coefficient (Wildman–Crippen LogP) is 1.01. The van der Waals surface area contributed by atoms with Gasteiger partial charge in [-0.15, -0.1) is 0 Å². The molecule has 3 rings (SSSR count). The number of nitrogen functional groups attached to an aromatic ring is 1. The van der Waals surface area contributed by atoms with Gasteiger partial charge in [-0.25, -0.2) is 12.7 Å². The Morgan fingerprint density at radius 2 is 1.85 bits per heavy atom. The van der Waals surface area contributed by atoms with Crippen molar-refractivity contribution in [2.45, 2.75) is 11.4 Å². The Hall–Kier alpha value is -2.41. The van der Waals surface area contributed by atoms with Gasteiger partial charge in [0.2, 0.25) is 0 Å². The molecular formula is C13H11N3O3S. The molecule has 102 valence electrons. The maximum absolute atomic E-state index is 12.4. The summed E-state index contributed by atoms with van der Waals surface area (Å²) in [6.45, 7) is -0.0156. The number of carbonyl (C=O) groups excluding carboxylic acids is 1. The van der Waals surface area contributed by atoms with Crippen molar-refractivity contribution in [2.24, 2.45) is 0 Å². The van der Waals surface area contributed by atoms with Gasteiger partial charge in [-0.3, -0.25) is 9.78 Å². The van der Waals surface area contributed by atoms with Crippen LogP contribution >= 0.6 is 0 Å². The second-order valence-electron chi connectivity index (χ2n) is 4.43. The molecule has 1 amide bonds. The highest BCUT2D eigenvalue weighted by Gasteiger charge is 2.41. The van der Waals surface area contributed by atoms with E-state index >= 15 is 0 Å². The number of anilines is 1. The predicted molar refractivity (Wildman–Crippen MR) is 72.2 cm³/mol. The molecule has 2 heterocycles. The molecule has 1 aliphatic rings. The van der Waals surface area contributed by atoms with Crippen molar-refractivity contribution >= 4 is 21.6 Å². The normalized spacial score (nSPS) is 16.2. The fourth-order valence-electron chi connectivity index (χ4n) is 2.11. The maximum Gasteiger partial charge on any atom is 0.269 e. The molecule has 2 aromatic rings. The average Bonchev–Trinajstić information content (AvgIpc) is 2.61. The number of aromatic nitrogens is 1. The zero-order valence-electron chi connectivity index (χ0n) is 10.4. The Bertz CT molecular complexity index is 788. The number of hydrogen-bond acceptors (Lipinski definition) is 5. The van der Waals surface area contributed by atoms with E-state index in [1.807, 2.05) is 0 Å². The van der Waals surface area contributed by atoms with Crippen LogP contribution in [0.5, 0.6) is 0 Å². The quantitative estimate of drug-likeness (QED) is 0.833. The summed E-state index contributed by atoms with van der Waals surface area (Å²) in [5.74, 6) is -0.552. The van der Waals surface area contributed by atoms with Gasteiger partial charge in [0.15, 0.2) is 0 Å². The van der Waals surface area contributed by atoms with Gasteiger partial charge >= 0.3 is 0 Å². The number of benzene rings is 1. The fourth-order valence-corrected chi connectivity index (χ4v) is 3.65. The number of nitrogens with zero attached hydrogens (tertiary/aromatic N) is 2. The van der Waals surface area contributed by atoms with Crippen molar-refractivity contribution < 1.29 is 13.2 Å². The van der Waals surface area contributed by atoms with E-state index in [1.165, 1.54) is 18.2 Å². The van der Waals surface area contributed by atoms with Gasteiger partial charge in [0.05, 0.1) is 12.1 Å². The van der Waals surface area contributed by atoms with Gasteiger partial charge in [0, 0.05) is 18.1 Å². The van der Waals surface area contributed by atoms with Crippen LogP contribution in [-0.4, -0.2) is 23.6 Å². The Morgan fingerprint density at radius 3 is 2.55 bits per heavy atom. The average molecular weight is 289 g/mol. The third-order valence-corrected chi connectivity index (χ3v) is 4.89. The first kappa shape index (κ1) is 12.6. The van der Waals surface area contributed by atoms with Crippen LogP contribution < -0.4 is 5.73 Å². The van der Waals surface area contributed by atoms with Crippen LogP contribution in [-0.2, 0) is 16.6 Å². The van der Waals surface area contributed by atoms with E-state index in [0.717, 1.165) is 4.31 Å². The van der Waals surface area contributed by atoms with Crippen molar-refractivity contribution in [1.82, 2.24) is 9.29 Å². The van der Waals surface area contributed by atoms with Crippen molar-refractivity contribution in [3.8, 4) is 0 Å². The smallest absolute Gasteiger partial charge is 0.269 e. The summed E-state index contributed by atoms with van der Waals surface area (Å²) < 4.78 is 25.6. The van der Waals surface area contributed by atoms with E-state index in [4.69, 9.17) is 5.73 Å². The Balaban J connectivity index is 2.05. The van der Waals surface area contributed by atoms with Gasteiger partial charge in [-0.1, -0.05) is 0 Å². The molecule has 1 aromatic carbocycles. The first-order valence-electron chi connectivity index (χ1n) is 5.85. The van der Waals surface area contributed by atoms with Gasteiger partial charge in [0.25, 0.3) is 15.9 Å². The highest BCUT2D eigenvalue weighted by Crippen LogP contribution is 2.32. The number of sulfonamides is 1. The molecule has 0 aliphatic carbocycles. The molecule has 0 spiro atoms. The number of fused-ring (bicyclic) bond motifs is 1. The molecule has 2 N–H and O–H groups in total. The fraction of sp³-hybridized carbons (Fsp3) is 0.0769. The zero-order valence-corrected chi connectivity index (χ0v) is 11.2. The third kappa shape index (κ3) is 1.83. The zero-order chi connectivity index (χ0) is 14.3. The van der Waals surface area contributed by atoms with Crippen molar-refractivity contribution in [1.29, 1.82) is 0 Å². The van der Waals surface area contributed by atoms with Gasteiger partial charge in [-0.2, -0.15) is 0 Å². The van der Waals surface area contributed by atoms with E-state index < -0.39 is 15.9 Å². The molecule has 0 unspecified atom stereocenters. The molecular weight excluding hydrogens is 278 g/mol. The minimum Gasteiger partial charge on any atom is -0.399 e. The molecule has 0 bridgehead atoms. The molecule has 0 radical (unpaired) electrons. The molecule has 0 fully saturated rings. The first-order valence-corrected chi connectivity index (χ1v) is 7.29. The second kappa shape index (κ2) is 4.31. The van der Waals surface area contributed by atoms with Crippen LogP contribution in [0, 0.1) is 0 Å². The van der Waals surface area contributed by atoms with E-state index in [0.29, 0.717) is 11.3 Å². The Morgan fingerprint density at radius 1 is 1.15 bits per heavy atom. The molecule has 20 heavy (non-hydrogen) atoms. The lowest BCUT2D eigenvalue weighted by atomic mass is 10.2. The minimum atomic E-state index is -3.80. The van der Waals surface area contributed by atoms with E-state index in [2.05, 4.69) is 4.98 Å². The Kier molecular flexibility index (Phi) is 2.72. The lowest BCUT2D eigenvalue weighted by molar-refractivity contribution is 0.0865. The summed E-state index contributed by atoms with van der Waals surface area (Å²) in [7, 11) is -3.80. The van der Waals surface area contributed by atoms with Gasteiger partial charge < -0.3 is 5.73 Å². The number of amides is 1. The molecule has 1 aliphatic heterocycles.